The number of nitrogens with one attached hydrogen (secondary N) is 2. The molecule has 3 aromatic rings. The minimum atomic E-state index is 0. The van der Waals surface area contributed by atoms with Crippen LogP contribution in [0.1, 0.15) is 48.6 Å². The van der Waals surface area contributed by atoms with Crippen LogP contribution < -0.4 is 21.3 Å². The van der Waals surface area contributed by atoms with E-state index in [0.717, 1.165) is 35.6 Å². The Balaban J connectivity index is 0.00000324. The van der Waals surface area contributed by atoms with Crippen molar-refractivity contribution in [3.8, 4) is 0 Å². The van der Waals surface area contributed by atoms with E-state index in [-0.39, 0.29) is 41.9 Å². The van der Waals surface area contributed by atoms with Crippen LogP contribution in [0.15, 0.2) is 66.7 Å². The number of benzene rings is 3. The van der Waals surface area contributed by atoms with Crippen molar-refractivity contribution < 1.29 is 0 Å². The molecule has 6 nitrogen and oxygen atoms in total. The Hall–Kier alpha value is -3.22. The quantitative estimate of drug-likeness (QED) is 0.223. The predicted molar refractivity (Wildman–Crippen MR) is 159 cm³/mol. The summed E-state index contributed by atoms with van der Waals surface area (Å²) >= 11 is 0. The van der Waals surface area contributed by atoms with Crippen LogP contribution >= 0.6 is 24.8 Å². The average molecular weight is 530 g/mol. The lowest BCUT2D eigenvalue weighted by atomic mass is 9.85. The standard InChI is InChI=1S/C28H36N6.2ClH/c1-28(2,3)23-15-19(17-33(4)24-10-6-21(7-11-24)26(29)30)14-20(16-23)18-34(5)25-12-8-22(9-13-25)27(31)32;;/h6-16H,17-18H2,1-5H3,(H3,29,30)(H3,31,32);2*1H. The molecule has 0 fully saturated rings. The SMILES string of the molecule is CN(Cc1cc(CN(C)c2ccc(C(=N)N)cc2)cc(C(C)(C)C)c1)c1ccc(C(=N)N)cc1.Cl.Cl. The van der Waals surface area contributed by atoms with Crippen LogP contribution in [0.2, 0.25) is 0 Å². The zero-order valence-corrected chi connectivity index (χ0v) is 23.3. The molecule has 8 heteroatoms. The highest BCUT2D eigenvalue weighted by Crippen LogP contribution is 2.27. The molecule has 0 bridgehead atoms. The van der Waals surface area contributed by atoms with Gasteiger partial charge in [-0.2, -0.15) is 0 Å². The third-order valence-corrected chi connectivity index (χ3v) is 6.00. The maximum absolute atomic E-state index is 7.59. The number of nitrogen functional groups attached to an aromatic ring is 2. The number of rotatable bonds is 8. The van der Waals surface area contributed by atoms with Gasteiger partial charge in [0.05, 0.1) is 0 Å². The number of halogens is 2. The molecule has 0 aliphatic heterocycles. The Labute approximate surface area is 227 Å². The van der Waals surface area contributed by atoms with Crippen LogP contribution in [0.5, 0.6) is 0 Å². The Morgan fingerprint density at radius 3 is 1.28 bits per heavy atom. The van der Waals surface area contributed by atoms with Gasteiger partial charge in [-0.25, -0.2) is 0 Å². The highest BCUT2D eigenvalue weighted by molar-refractivity contribution is 5.95. The maximum Gasteiger partial charge on any atom is 0.122 e. The van der Waals surface area contributed by atoms with E-state index in [2.05, 4.69) is 62.9 Å². The first-order chi connectivity index (χ1) is 15.9. The van der Waals surface area contributed by atoms with E-state index in [4.69, 9.17) is 22.3 Å². The zero-order chi connectivity index (χ0) is 25.0. The molecule has 0 unspecified atom stereocenters. The summed E-state index contributed by atoms with van der Waals surface area (Å²) in [6, 6.07) is 22.4. The fourth-order valence-corrected chi connectivity index (χ4v) is 3.90. The molecule has 6 N–H and O–H groups in total. The van der Waals surface area contributed by atoms with Gasteiger partial charge in [0.1, 0.15) is 11.7 Å². The van der Waals surface area contributed by atoms with E-state index in [1.165, 1.54) is 16.7 Å². The minimum absolute atomic E-state index is 0. The van der Waals surface area contributed by atoms with E-state index >= 15 is 0 Å². The second kappa shape index (κ2) is 12.7. The summed E-state index contributed by atoms with van der Waals surface area (Å²) in [5.74, 6) is 0.161. The molecule has 0 amide bonds. The average Bonchev–Trinajstić information content (AvgIpc) is 2.78. The highest BCUT2D eigenvalue weighted by Gasteiger charge is 2.17. The first kappa shape index (κ1) is 30.8. The fraction of sp³-hybridized carbons (Fsp3) is 0.286. The summed E-state index contributed by atoms with van der Waals surface area (Å²) in [6.07, 6.45) is 0. The fourth-order valence-electron chi connectivity index (χ4n) is 3.90. The van der Waals surface area contributed by atoms with Crippen LogP contribution in [-0.4, -0.2) is 25.8 Å². The number of amidine groups is 2. The summed E-state index contributed by atoms with van der Waals surface area (Å²) in [5.41, 5.74) is 18.6. The van der Waals surface area contributed by atoms with Gasteiger partial charge in [0.25, 0.3) is 0 Å². The Kier molecular flexibility index (Phi) is 10.8. The first-order valence-corrected chi connectivity index (χ1v) is 11.4. The van der Waals surface area contributed by atoms with Gasteiger partial charge < -0.3 is 21.3 Å². The van der Waals surface area contributed by atoms with Gasteiger partial charge in [-0.3, -0.25) is 10.8 Å². The lowest BCUT2D eigenvalue weighted by Gasteiger charge is -2.26. The van der Waals surface area contributed by atoms with E-state index in [0.29, 0.717) is 0 Å². The maximum atomic E-state index is 7.59. The minimum Gasteiger partial charge on any atom is -0.384 e. The molecule has 0 saturated carbocycles. The first-order valence-electron chi connectivity index (χ1n) is 11.4. The van der Waals surface area contributed by atoms with Crippen LogP contribution in [0.25, 0.3) is 0 Å². The van der Waals surface area contributed by atoms with Crippen molar-refractivity contribution >= 4 is 47.9 Å². The molecule has 0 aromatic heterocycles. The zero-order valence-electron chi connectivity index (χ0n) is 21.6. The molecule has 36 heavy (non-hydrogen) atoms. The van der Waals surface area contributed by atoms with Crippen molar-refractivity contribution in [2.45, 2.75) is 39.3 Å². The molecule has 194 valence electrons. The van der Waals surface area contributed by atoms with Crippen molar-refractivity contribution in [3.05, 3.63) is 94.5 Å². The van der Waals surface area contributed by atoms with E-state index in [9.17, 15) is 0 Å². The van der Waals surface area contributed by atoms with Crippen molar-refractivity contribution in [3.63, 3.8) is 0 Å². The highest BCUT2D eigenvalue weighted by atomic mass is 35.5. The van der Waals surface area contributed by atoms with Gasteiger partial charge in [-0.15, -0.1) is 24.8 Å². The van der Waals surface area contributed by atoms with E-state index < -0.39 is 0 Å². The topological polar surface area (TPSA) is 106 Å². The monoisotopic (exact) mass is 528 g/mol. The number of hydrogen-bond acceptors (Lipinski definition) is 4. The summed E-state index contributed by atoms with van der Waals surface area (Å²) in [7, 11) is 4.16. The number of nitrogens with zero attached hydrogens (tertiary/aromatic N) is 2. The summed E-state index contributed by atoms with van der Waals surface area (Å²) in [6.45, 7) is 8.26. The Morgan fingerprint density at radius 2 is 1.00 bits per heavy atom. The van der Waals surface area contributed by atoms with Crippen molar-refractivity contribution in [1.29, 1.82) is 10.8 Å². The van der Waals surface area contributed by atoms with Crippen molar-refractivity contribution in [2.75, 3.05) is 23.9 Å². The molecular formula is C28H38Cl2N6. The molecule has 0 spiro atoms. The summed E-state index contributed by atoms with van der Waals surface area (Å²) in [4.78, 5) is 4.42. The normalized spacial score (nSPS) is 10.6. The largest absolute Gasteiger partial charge is 0.384 e. The van der Waals surface area contributed by atoms with Crippen molar-refractivity contribution in [2.24, 2.45) is 11.5 Å². The van der Waals surface area contributed by atoms with Crippen LogP contribution in [0, 0.1) is 10.8 Å². The molecule has 0 heterocycles. The van der Waals surface area contributed by atoms with Crippen LogP contribution in [-0.2, 0) is 18.5 Å². The Morgan fingerprint density at radius 1 is 0.667 bits per heavy atom. The lowest BCUT2D eigenvalue weighted by Crippen LogP contribution is -2.21. The second-order valence-corrected chi connectivity index (χ2v) is 9.92. The lowest BCUT2D eigenvalue weighted by molar-refractivity contribution is 0.588. The number of nitrogens with two attached hydrogens (primary N) is 2. The molecule has 3 rings (SSSR count). The third kappa shape index (κ3) is 7.90. The van der Waals surface area contributed by atoms with Gasteiger partial charge in [0, 0.05) is 49.7 Å². The van der Waals surface area contributed by atoms with Gasteiger partial charge in [0.15, 0.2) is 0 Å². The van der Waals surface area contributed by atoms with Gasteiger partial charge in [-0.1, -0.05) is 39.0 Å². The van der Waals surface area contributed by atoms with E-state index in [1.807, 2.05) is 48.5 Å². The van der Waals surface area contributed by atoms with Gasteiger partial charge >= 0.3 is 0 Å². The predicted octanol–water partition coefficient (Wildman–Crippen LogP) is 5.67. The molecule has 0 saturated heterocycles. The Bertz CT molecular complexity index is 1080. The van der Waals surface area contributed by atoms with Crippen molar-refractivity contribution in [1.82, 2.24) is 0 Å². The van der Waals surface area contributed by atoms with Gasteiger partial charge in [-0.05, 0) is 70.6 Å². The van der Waals surface area contributed by atoms with Gasteiger partial charge in [0.2, 0.25) is 0 Å². The molecule has 0 radical (unpaired) electrons. The van der Waals surface area contributed by atoms with E-state index in [1.54, 1.807) is 0 Å². The second-order valence-electron chi connectivity index (χ2n) is 9.92. The number of anilines is 2. The summed E-state index contributed by atoms with van der Waals surface area (Å²) < 4.78 is 0. The van der Waals surface area contributed by atoms with Crippen LogP contribution in [0.3, 0.4) is 0 Å². The number of hydrogen-bond donors (Lipinski definition) is 4. The third-order valence-electron chi connectivity index (χ3n) is 6.00. The van der Waals surface area contributed by atoms with Crippen LogP contribution in [0.4, 0.5) is 11.4 Å². The smallest absolute Gasteiger partial charge is 0.122 e. The molecule has 0 aliphatic rings. The molecular weight excluding hydrogens is 491 g/mol. The molecule has 3 aromatic carbocycles. The molecule has 0 atom stereocenters. The molecule has 0 aliphatic carbocycles. The summed E-state index contributed by atoms with van der Waals surface area (Å²) in [5, 5.41) is 15.2.